The highest BCUT2D eigenvalue weighted by Crippen LogP contribution is 2.40. The molecule has 0 rings (SSSR count). The third-order valence-corrected chi connectivity index (χ3v) is 3.82. The van der Waals surface area contributed by atoms with Gasteiger partial charge in [0.25, 0.3) is 0 Å². The molecule has 0 aliphatic rings. The number of carbonyl (C=O) groups is 2. The van der Waals surface area contributed by atoms with Gasteiger partial charge in [-0.3, -0.25) is 4.79 Å². The van der Waals surface area contributed by atoms with Crippen LogP contribution in [0.1, 0.15) is 73.6 Å². The third-order valence-electron chi connectivity index (χ3n) is 3.82. The highest BCUT2D eigenvalue weighted by atomic mass is 16.7. The zero-order valence-corrected chi connectivity index (χ0v) is 15.6. The second-order valence-electron chi connectivity index (χ2n) is 6.30. The SMILES string of the molecule is CCCC(OC(=O)OCC)C(CCC)(CC(C)C)C(=O)OCC. The average molecular weight is 330 g/mol. The van der Waals surface area contributed by atoms with Gasteiger partial charge in [0.15, 0.2) is 0 Å². The minimum absolute atomic E-state index is 0.252. The lowest BCUT2D eigenvalue weighted by molar-refractivity contribution is -0.167. The van der Waals surface area contributed by atoms with Crippen LogP contribution >= 0.6 is 0 Å². The summed E-state index contributed by atoms with van der Waals surface area (Å²) >= 11 is 0. The predicted octanol–water partition coefficient (Wildman–Crippen LogP) is 4.72. The molecule has 23 heavy (non-hydrogen) atoms. The molecule has 136 valence electrons. The Kier molecular flexibility index (Phi) is 10.7. The van der Waals surface area contributed by atoms with E-state index >= 15 is 0 Å². The summed E-state index contributed by atoms with van der Waals surface area (Å²) < 4.78 is 15.8. The summed E-state index contributed by atoms with van der Waals surface area (Å²) in [6.45, 7) is 12.3. The molecule has 0 aliphatic carbocycles. The highest BCUT2D eigenvalue weighted by molar-refractivity contribution is 5.78. The molecule has 0 saturated carbocycles. The molecule has 0 aromatic carbocycles. The molecule has 0 saturated heterocycles. The van der Waals surface area contributed by atoms with Crippen LogP contribution in [0.25, 0.3) is 0 Å². The van der Waals surface area contributed by atoms with Gasteiger partial charge in [-0.15, -0.1) is 0 Å². The molecule has 0 aliphatic heterocycles. The van der Waals surface area contributed by atoms with E-state index in [2.05, 4.69) is 13.8 Å². The van der Waals surface area contributed by atoms with Crippen molar-refractivity contribution in [2.45, 2.75) is 79.8 Å². The number of ether oxygens (including phenoxy) is 3. The van der Waals surface area contributed by atoms with Crippen LogP contribution in [0.15, 0.2) is 0 Å². The second-order valence-corrected chi connectivity index (χ2v) is 6.30. The minimum atomic E-state index is -0.804. The lowest BCUT2D eigenvalue weighted by atomic mass is 9.71. The fourth-order valence-corrected chi connectivity index (χ4v) is 3.14. The minimum Gasteiger partial charge on any atom is -0.465 e. The van der Waals surface area contributed by atoms with Gasteiger partial charge in [0.2, 0.25) is 0 Å². The van der Waals surface area contributed by atoms with Crippen LogP contribution in [-0.4, -0.2) is 31.4 Å². The van der Waals surface area contributed by atoms with Gasteiger partial charge in [0, 0.05) is 0 Å². The maximum Gasteiger partial charge on any atom is 0.508 e. The Bertz CT molecular complexity index is 353. The predicted molar refractivity (Wildman–Crippen MR) is 90.2 cm³/mol. The van der Waals surface area contributed by atoms with E-state index in [1.807, 2.05) is 13.8 Å². The summed E-state index contributed by atoms with van der Waals surface area (Å²) in [5, 5.41) is 0. The molecule has 0 fully saturated rings. The van der Waals surface area contributed by atoms with Gasteiger partial charge in [0.05, 0.1) is 13.2 Å². The first-order chi connectivity index (χ1) is 10.9. The fourth-order valence-electron chi connectivity index (χ4n) is 3.14. The third kappa shape index (κ3) is 6.80. The van der Waals surface area contributed by atoms with Gasteiger partial charge in [-0.25, -0.2) is 4.79 Å². The highest BCUT2D eigenvalue weighted by Gasteiger charge is 2.48. The van der Waals surface area contributed by atoms with E-state index in [4.69, 9.17) is 14.2 Å². The van der Waals surface area contributed by atoms with Gasteiger partial charge >= 0.3 is 12.1 Å². The molecule has 5 nitrogen and oxygen atoms in total. The van der Waals surface area contributed by atoms with E-state index in [9.17, 15) is 9.59 Å². The normalized spacial score (nSPS) is 14.9. The van der Waals surface area contributed by atoms with E-state index in [0.717, 1.165) is 12.8 Å². The van der Waals surface area contributed by atoms with Crippen molar-refractivity contribution in [2.75, 3.05) is 13.2 Å². The molecule has 0 spiro atoms. The molecular formula is C18H34O5. The van der Waals surface area contributed by atoms with Crippen molar-refractivity contribution >= 4 is 12.1 Å². The van der Waals surface area contributed by atoms with Crippen molar-refractivity contribution in [3.8, 4) is 0 Å². The van der Waals surface area contributed by atoms with Crippen LogP contribution in [0.2, 0.25) is 0 Å². The van der Waals surface area contributed by atoms with Gasteiger partial charge in [-0.05, 0) is 39.0 Å². The number of carbonyl (C=O) groups excluding carboxylic acids is 2. The maximum absolute atomic E-state index is 12.8. The average Bonchev–Trinajstić information content (AvgIpc) is 2.46. The number of esters is 1. The zero-order chi connectivity index (χ0) is 17.9. The number of hydrogen-bond acceptors (Lipinski definition) is 5. The Morgan fingerprint density at radius 1 is 0.957 bits per heavy atom. The zero-order valence-electron chi connectivity index (χ0n) is 15.6. The van der Waals surface area contributed by atoms with E-state index in [1.54, 1.807) is 13.8 Å². The van der Waals surface area contributed by atoms with Crippen LogP contribution in [0, 0.1) is 11.3 Å². The molecule has 0 amide bonds. The summed E-state index contributed by atoms with van der Waals surface area (Å²) in [4.78, 5) is 24.6. The van der Waals surface area contributed by atoms with Crippen molar-refractivity contribution in [3.05, 3.63) is 0 Å². The van der Waals surface area contributed by atoms with Crippen molar-refractivity contribution in [2.24, 2.45) is 11.3 Å². The van der Waals surface area contributed by atoms with Crippen molar-refractivity contribution < 1.29 is 23.8 Å². The van der Waals surface area contributed by atoms with Crippen molar-refractivity contribution in [1.82, 2.24) is 0 Å². The summed E-state index contributed by atoms with van der Waals surface area (Å²) in [6, 6.07) is 0. The topological polar surface area (TPSA) is 61.8 Å². The first-order valence-electron chi connectivity index (χ1n) is 8.88. The Morgan fingerprint density at radius 2 is 1.57 bits per heavy atom. The fraction of sp³-hybridized carbons (Fsp3) is 0.889. The molecular weight excluding hydrogens is 296 g/mol. The first kappa shape index (κ1) is 21.7. The largest absolute Gasteiger partial charge is 0.508 e. The summed E-state index contributed by atoms with van der Waals surface area (Å²) in [5.41, 5.74) is -0.804. The Balaban J connectivity index is 5.65. The molecule has 0 N–H and O–H groups in total. The molecule has 0 radical (unpaired) electrons. The lowest BCUT2D eigenvalue weighted by Crippen LogP contribution is -2.47. The molecule has 0 bridgehead atoms. The number of hydrogen-bond donors (Lipinski definition) is 0. The van der Waals surface area contributed by atoms with Crippen LogP contribution in [0.4, 0.5) is 4.79 Å². The standard InChI is InChI=1S/C18H34O5/c1-7-11-15(23-17(20)22-10-4)18(12-8-2,13-14(5)6)16(19)21-9-3/h14-15H,7-13H2,1-6H3. The summed E-state index contributed by atoms with van der Waals surface area (Å²) in [7, 11) is 0. The quantitative estimate of drug-likeness (QED) is 0.513. The second kappa shape index (κ2) is 11.3. The Morgan fingerprint density at radius 3 is 2.00 bits per heavy atom. The van der Waals surface area contributed by atoms with Gasteiger partial charge in [0.1, 0.15) is 11.5 Å². The number of rotatable bonds is 11. The monoisotopic (exact) mass is 330 g/mol. The maximum atomic E-state index is 12.8. The van der Waals surface area contributed by atoms with Crippen molar-refractivity contribution in [1.29, 1.82) is 0 Å². The molecule has 0 aromatic rings. The first-order valence-corrected chi connectivity index (χ1v) is 8.88. The van der Waals surface area contributed by atoms with Crippen LogP contribution < -0.4 is 0 Å². The van der Waals surface area contributed by atoms with Crippen LogP contribution in [-0.2, 0) is 19.0 Å². The molecule has 5 heteroatoms. The van der Waals surface area contributed by atoms with Crippen LogP contribution in [0.3, 0.4) is 0 Å². The molecule has 0 aromatic heterocycles. The molecule has 2 atom stereocenters. The van der Waals surface area contributed by atoms with Gasteiger partial charge in [-0.1, -0.05) is 40.5 Å². The lowest BCUT2D eigenvalue weighted by Gasteiger charge is -2.38. The van der Waals surface area contributed by atoms with E-state index in [0.29, 0.717) is 25.9 Å². The Hall–Kier alpha value is -1.26. The van der Waals surface area contributed by atoms with E-state index < -0.39 is 17.7 Å². The smallest absolute Gasteiger partial charge is 0.465 e. The molecule has 0 heterocycles. The van der Waals surface area contributed by atoms with E-state index in [1.165, 1.54) is 0 Å². The van der Waals surface area contributed by atoms with Gasteiger partial charge < -0.3 is 14.2 Å². The summed E-state index contributed by atoms with van der Waals surface area (Å²) in [5.74, 6) is 0.0226. The molecule has 2 unspecified atom stereocenters. The van der Waals surface area contributed by atoms with Crippen molar-refractivity contribution in [3.63, 3.8) is 0 Å². The summed E-state index contributed by atoms with van der Waals surface area (Å²) in [6.07, 6.45) is 2.28. The van der Waals surface area contributed by atoms with E-state index in [-0.39, 0.29) is 18.5 Å². The van der Waals surface area contributed by atoms with Crippen LogP contribution in [0.5, 0.6) is 0 Å². The Labute approximate surface area is 141 Å². The van der Waals surface area contributed by atoms with Gasteiger partial charge in [-0.2, -0.15) is 0 Å².